The topological polar surface area (TPSA) is 84.3 Å². The van der Waals surface area contributed by atoms with E-state index in [1.807, 2.05) is 12.1 Å². The number of nitrogens with zero attached hydrogens (tertiary/aromatic N) is 3. The molecule has 0 bridgehead atoms. The number of nitrogens with one attached hydrogen (secondary N) is 1. The van der Waals surface area contributed by atoms with Gasteiger partial charge in [-0.25, -0.2) is 17.4 Å². The fraction of sp³-hybridized carbons (Fsp3) is 0.444. The number of benzene rings is 1. The molecule has 1 aromatic heterocycles. The molecule has 0 radical (unpaired) electrons. The molecule has 2 aliphatic rings. The molecule has 4 rings (SSSR count). The maximum atomic E-state index is 12.9. The quantitative estimate of drug-likeness (QED) is 0.790. The highest BCUT2D eigenvalue weighted by atomic mass is 35.5. The Balaban J connectivity index is 1.55. The molecule has 0 spiro atoms. The van der Waals surface area contributed by atoms with Crippen molar-refractivity contribution < 1.29 is 13.2 Å². The van der Waals surface area contributed by atoms with Crippen LogP contribution in [-0.4, -0.2) is 47.8 Å². The number of carbonyl (C=O) groups excluding carboxylic acids is 1. The van der Waals surface area contributed by atoms with Crippen LogP contribution in [0.3, 0.4) is 0 Å². The van der Waals surface area contributed by atoms with Crippen molar-refractivity contribution in [2.24, 2.45) is 5.92 Å². The van der Waals surface area contributed by atoms with Gasteiger partial charge in [-0.15, -0.1) is 0 Å². The summed E-state index contributed by atoms with van der Waals surface area (Å²) in [7, 11) is -3.21. The normalized spacial score (nSPS) is 18.2. The lowest BCUT2D eigenvalue weighted by atomic mass is 9.97. The number of rotatable bonds is 4. The summed E-state index contributed by atoms with van der Waals surface area (Å²) in [4.78, 5) is 12.9. The Hall–Kier alpha value is -1.55. The maximum absolute atomic E-state index is 12.9. The van der Waals surface area contributed by atoms with E-state index in [2.05, 4.69) is 10.4 Å². The molecule has 3 heterocycles. The number of thioether (sulfide) groups is 1. The van der Waals surface area contributed by atoms with Crippen LogP contribution in [-0.2, 0) is 26.3 Å². The van der Waals surface area contributed by atoms with Crippen LogP contribution >= 0.6 is 23.4 Å². The van der Waals surface area contributed by atoms with Gasteiger partial charge in [-0.1, -0.05) is 11.6 Å². The Kier molecular flexibility index (Phi) is 5.43. The largest absolute Gasteiger partial charge is 0.310 e. The fourth-order valence-corrected chi connectivity index (χ4v) is 5.61. The molecule has 1 amide bonds. The highest BCUT2D eigenvalue weighted by Crippen LogP contribution is 2.36. The molecule has 1 saturated heterocycles. The van der Waals surface area contributed by atoms with Crippen LogP contribution in [0.2, 0.25) is 5.02 Å². The Bertz CT molecular complexity index is 997. The molecule has 10 heteroatoms. The molecule has 1 aromatic carbocycles. The Labute approximate surface area is 173 Å². The van der Waals surface area contributed by atoms with Gasteiger partial charge in [0.15, 0.2) is 0 Å². The van der Waals surface area contributed by atoms with E-state index < -0.39 is 10.0 Å². The molecule has 1 N–H and O–H groups in total. The van der Waals surface area contributed by atoms with E-state index >= 15 is 0 Å². The Morgan fingerprint density at radius 1 is 1.21 bits per heavy atom. The third-order valence-electron chi connectivity index (χ3n) is 5.16. The van der Waals surface area contributed by atoms with E-state index in [1.54, 1.807) is 28.6 Å². The lowest BCUT2D eigenvalue weighted by Crippen LogP contribution is -2.41. The van der Waals surface area contributed by atoms with E-state index in [0.717, 1.165) is 28.5 Å². The smallest absolute Gasteiger partial charge is 0.228 e. The summed E-state index contributed by atoms with van der Waals surface area (Å²) in [6.07, 6.45) is 2.24. The molecule has 28 heavy (non-hydrogen) atoms. The van der Waals surface area contributed by atoms with E-state index in [1.165, 1.54) is 10.6 Å². The second-order valence-electron chi connectivity index (χ2n) is 7.08. The minimum atomic E-state index is -3.21. The minimum Gasteiger partial charge on any atom is -0.310 e. The number of fused-ring (bicyclic) bond motifs is 1. The Morgan fingerprint density at radius 2 is 1.89 bits per heavy atom. The van der Waals surface area contributed by atoms with Crippen LogP contribution in [0.15, 0.2) is 24.3 Å². The molecular weight excluding hydrogens is 420 g/mol. The fourth-order valence-electron chi connectivity index (χ4n) is 3.58. The van der Waals surface area contributed by atoms with Crippen LogP contribution in [0, 0.1) is 5.92 Å². The van der Waals surface area contributed by atoms with Crippen molar-refractivity contribution in [2.75, 3.05) is 24.7 Å². The van der Waals surface area contributed by atoms with Gasteiger partial charge in [0.25, 0.3) is 0 Å². The highest BCUT2D eigenvalue weighted by Gasteiger charge is 2.31. The van der Waals surface area contributed by atoms with Crippen molar-refractivity contribution in [1.29, 1.82) is 0 Å². The van der Waals surface area contributed by atoms with Gasteiger partial charge in [-0.05, 0) is 37.1 Å². The molecule has 0 aliphatic carbocycles. The molecule has 150 valence electrons. The van der Waals surface area contributed by atoms with Gasteiger partial charge >= 0.3 is 0 Å². The standard InChI is InChI=1S/C18H21ClN4O3S2/c1-28(25,26)22-8-6-12(7-9-22)18(24)20-17-15-10-27-11-16(15)21-23(17)14-4-2-13(19)3-5-14/h2-5,12H,6-11H2,1H3,(H,20,24). The van der Waals surface area contributed by atoms with Crippen molar-refractivity contribution in [3.8, 4) is 5.69 Å². The van der Waals surface area contributed by atoms with Crippen LogP contribution in [0.1, 0.15) is 24.1 Å². The van der Waals surface area contributed by atoms with Gasteiger partial charge in [0.05, 0.1) is 17.6 Å². The number of halogens is 1. The maximum Gasteiger partial charge on any atom is 0.228 e. The third kappa shape index (κ3) is 3.94. The summed E-state index contributed by atoms with van der Waals surface area (Å²) in [6.45, 7) is 0.753. The van der Waals surface area contributed by atoms with Gasteiger partial charge in [0.2, 0.25) is 15.9 Å². The second-order valence-corrected chi connectivity index (χ2v) is 10.5. The van der Waals surface area contributed by atoms with E-state index in [4.69, 9.17) is 11.6 Å². The zero-order chi connectivity index (χ0) is 19.9. The summed E-state index contributed by atoms with van der Waals surface area (Å²) in [5.74, 6) is 2.05. The monoisotopic (exact) mass is 440 g/mol. The van der Waals surface area contributed by atoms with Crippen molar-refractivity contribution in [2.45, 2.75) is 24.3 Å². The number of piperidine rings is 1. The Morgan fingerprint density at radius 3 is 2.54 bits per heavy atom. The summed E-state index contributed by atoms with van der Waals surface area (Å²) >= 11 is 7.77. The van der Waals surface area contributed by atoms with Crippen LogP contribution in [0.25, 0.3) is 5.69 Å². The van der Waals surface area contributed by atoms with Gasteiger partial charge in [0.1, 0.15) is 5.82 Å². The lowest BCUT2D eigenvalue weighted by Gasteiger charge is -2.29. The van der Waals surface area contributed by atoms with Crippen LogP contribution in [0.5, 0.6) is 0 Å². The molecule has 2 aromatic rings. The van der Waals surface area contributed by atoms with E-state index in [9.17, 15) is 13.2 Å². The first kappa shape index (κ1) is 19.8. The van der Waals surface area contributed by atoms with Gasteiger partial charge in [-0.3, -0.25) is 4.79 Å². The molecular formula is C18H21ClN4O3S2. The zero-order valence-corrected chi connectivity index (χ0v) is 17.8. The van der Waals surface area contributed by atoms with Gasteiger partial charge in [-0.2, -0.15) is 16.9 Å². The molecule has 1 fully saturated rings. The molecule has 7 nitrogen and oxygen atoms in total. The number of sulfonamides is 1. The number of amides is 1. The average Bonchev–Trinajstić information content (AvgIpc) is 3.24. The van der Waals surface area contributed by atoms with E-state index in [0.29, 0.717) is 36.8 Å². The lowest BCUT2D eigenvalue weighted by molar-refractivity contribution is -0.120. The number of carbonyl (C=O) groups is 1. The highest BCUT2D eigenvalue weighted by molar-refractivity contribution is 7.98. The average molecular weight is 441 g/mol. The number of aromatic nitrogens is 2. The molecule has 0 saturated carbocycles. The van der Waals surface area contributed by atoms with Crippen molar-refractivity contribution in [3.05, 3.63) is 40.5 Å². The van der Waals surface area contributed by atoms with Crippen molar-refractivity contribution in [1.82, 2.24) is 14.1 Å². The summed E-state index contributed by atoms with van der Waals surface area (Å²) in [6, 6.07) is 7.34. The number of anilines is 1. The first-order valence-electron chi connectivity index (χ1n) is 9.03. The number of hydrogen-bond donors (Lipinski definition) is 1. The van der Waals surface area contributed by atoms with Crippen molar-refractivity contribution >= 4 is 45.1 Å². The van der Waals surface area contributed by atoms with Gasteiger partial charge in [0, 0.05) is 41.1 Å². The first-order chi connectivity index (χ1) is 13.3. The molecule has 0 unspecified atom stereocenters. The third-order valence-corrected chi connectivity index (χ3v) is 7.68. The minimum absolute atomic E-state index is 0.0806. The van der Waals surface area contributed by atoms with E-state index in [-0.39, 0.29) is 11.8 Å². The van der Waals surface area contributed by atoms with Crippen LogP contribution < -0.4 is 5.32 Å². The summed E-state index contributed by atoms with van der Waals surface area (Å²) in [5, 5.41) is 8.40. The summed E-state index contributed by atoms with van der Waals surface area (Å²) < 4.78 is 26.6. The van der Waals surface area contributed by atoms with Gasteiger partial charge < -0.3 is 5.32 Å². The van der Waals surface area contributed by atoms with Crippen LogP contribution in [0.4, 0.5) is 5.82 Å². The SMILES string of the molecule is CS(=O)(=O)N1CCC(C(=O)Nc2c3c(nn2-c2ccc(Cl)cc2)CSC3)CC1. The molecule has 2 aliphatic heterocycles. The second kappa shape index (κ2) is 7.70. The first-order valence-corrected chi connectivity index (χ1v) is 12.4. The number of hydrogen-bond acceptors (Lipinski definition) is 5. The predicted molar refractivity (Wildman–Crippen MR) is 111 cm³/mol. The predicted octanol–water partition coefficient (Wildman–Crippen LogP) is 2.88. The zero-order valence-electron chi connectivity index (χ0n) is 15.4. The van der Waals surface area contributed by atoms with Crippen molar-refractivity contribution in [3.63, 3.8) is 0 Å². The molecule has 0 atom stereocenters. The summed E-state index contributed by atoms with van der Waals surface area (Å²) in [5.41, 5.74) is 2.88.